The van der Waals surface area contributed by atoms with Crippen LogP contribution in [0.4, 0.5) is 4.79 Å². The second-order valence-electron chi connectivity index (χ2n) is 15.2. The van der Waals surface area contributed by atoms with Crippen LogP contribution in [0.1, 0.15) is 100 Å². The number of hydrogen-bond acceptors (Lipinski definition) is 6. The molecule has 1 saturated carbocycles. The molecule has 9 nitrogen and oxygen atoms in total. The Morgan fingerprint density at radius 1 is 0.658 bits per heavy atom. The zero-order valence-electron chi connectivity index (χ0n) is 25.9. The molecule has 216 valence electrons. The average Bonchev–Trinajstić information content (AvgIpc) is 3.07. The normalized spacial score (nSPS) is 31.8. The van der Waals surface area contributed by atoms with Crippen LogP contribution in [0, 0.1) is 0 Å². The van der Waals surface area contributed by atoms with Gasteiger partial charge in [0.25, 0.3) is 11.8 Å². The van der Waals surface area contributed by atoms with Crippen molar-refractivity contribution in [3.05, 3.63) is 0 Å². The van der Waals surface area contributed by atoms with Gasteiger partial charge in [0.05, 0.1) is 0 Å². The van der Waals surface area contributed by atoms with E-state index < -0.39 is 11.1 Å². The van der Waals surface area contributed by atoms with Gasteiger partial charge in [0.2, 0.25) is 0 Å². The van der Waals surface area contributed by atoms with E-state index in [9.17, 15) is 14.4 Å². The third-order valence-corrected chi connectivity index (χ3v) is 10.7. The molecule has 4 saturated heterocycles. The van der Waals surface area contributed by atoms with Crippen LogP contribution in [0.25, 0.3) is 0 Å². The molecule has 1 aliphatic carbocycles. The molecule has 0 aromatic heterocycles. The first kappa shape index (κ1) is 29.3. The second-order valence-corrected chi connectivity index (χ2v) is 15.2. The molecule has 0 aromatic rings. The van der Waals surface area contributed by atoms with Crippen molar-refractivity contribution in [2.45, 2.75) is 139 Å². The first-order valence-electron chi connectivity index (χ1n) is 14.1. The number of imide groups is 1. The maximum atomic E-state index is 13.0. The van der Waals surface area contributed by atoms with Crippen LogP contribution in [0.2, 0.25) is 0 Å². The fourth-order valence-corrected chi connectivity index (χ4v) is 8.21. The topological polar surface area (TPSA) is 85.4 Å². The Hall–Kier alpha value is -1.71. The Balaban J connectivity index is 0.000000178. The number of nitrogens with zero attached hydrogens (tertiary/aromatic N) is 4. The smallest absolute Gasteiger partial charge is 0.324 e. The summed E-state index contributed by atoms with van der Waals surface area (Å²) in [6.45, 7) is 17.4. The Bertz CT molecular complexity index is 986. The van der Waals surface area contributed by atoms with Crippen LogP contribution in [0.3, 0.4) is 0 Å². The van der Waals surface area contributed by atoms with Gasteiger partial charge in [0, 0.05) is 49.1 Å². The van der Waals surface area contributed by atoms with Gasteiger partial charge in [-0.25, -0.2) is 4.79 Å². The minimum atomic E-state index is -0.731. The molecular weight excluding hydrogens is 482 g/mol. The van der Waals surface area contributed by atoms with Gasteiger partial charge in [-0.15, -0.1) is 0 Å². The molecule has 4 heterocycles. The quantitative estimate of drug-likeness (QED) is 0.479. The van der Waals surface area contributed by atoms with Crippen molar-refractivity contribution in [2.24, 2.45) is 0 Å². The molecular formula is C29H51N5O4. The Morgan fingerprint density at radius 3 is 1.39 bits per heavy atom. The summed E-state index contributed by atoms with van der Waals surface area (Å²) in [5.74, 6) is 0.105. The highest BCUT2D eigenvalue weighted by Gasteiger charge is 2.66. The van der Waals surface area contributed by atoms with Crippen LogP contribution in [-0.2, 0) is 14.3 Å². The number of hydrogen-bond donors (Lipinski definition) is 1. The van der Waals surface area contributed by atoms with E-state index in [2.05, 4.69) is 84.6 Å². The molecule has 9 heteroatoms. The van der Waals surface area contributed by atoms with Gasteiger partial charge in [-0.1, -0.05) is 0 Å². The van der Waals surface area contributed by atoms with E-state index in [1.54, 1.807) is 7.05 Å². The zero-order chi connectivity index (χ0) is 28.9. The predicted octanol–water partition coefficient (Wildman–Crippen LogP) is 3.57. The summed E-state index contributed by atoms with van der Waals surface area (Å²) in [6.07, 6.45) is 6.02. The summed E-state index contributed by atoms with van der Waals surface area (Å²) in [4.78, 5) is 44.9. The third-order valence-electron chi connectivity index (χ3n) is 10.7. The van der Waals surface area contributed by atoms with E-state index in [0.29, 0.717) is 12.8 Å². The molecule has 3 spiro atoms. The summed E-state index contributed by atoms with van der Waals surface area (Å²) >= 11 is 0. The van der Waals surface area contributed by atoms with Crippen molar-refractivity contribution in [2.75, 3.05) is 28.2 Å². The van der Waals surface area contributed by atoms with Crippen molar-refractivity contribution < 1.29 is 19.1 Å². The molecule has 38 heavy (non-hydrogen) atoms. The molecule has 0 unspecified atom stereocenters. The monoisotopic (exact) mass is 533 g/mol. The lowest BCUT2D eigenvalue weighted by Crippen LogP contribution is -2.68. The van der Waals surface area contributed by atoms with Gasteiger partial charge in [-0.2, -0.15) is 0 Å². The van der Waals surface area contributed by atoms with Crippen molar-refractivity contribution in [3.63, 3.8) is 0 Å². The van der Waals surface area contributed by atoms with Gasteiger partial charge in [-0.05, 0) is 102 Å². The number of urea groups is 1. The first-order valence-corrected chi connectivity index (χ1v) is 14.1. The number of carbonyl (C=O) groups excluding carboxylic acids is 3. The van der Waals surface area contributed by atoms with E-state index in [0.717, 1.165) is 25.7 Å². The summed E-state index contributed by atoms with van der Waals surface area (Å²) in [6, 6.07) is -0.281. The lowest BCUT2D eigenvalue weighted by molar-refractivity contribution is -0.214. The highest BCUT2D eigenvalue weighted by Crippen LogP contribution is 2.55. The molecule has 5 rings (SSSR count). The minimum Gasteiger partial charge on any atom is -0.339 e. The number of carbonyl (C=O) groups is 3. The van der Waals surface area contributed by atoms with E-state index in [-0.39, 0.29) is 45.7 Å². The van der Waals surface area contributed by atoms with Crippen molar-refractivity contribution in [1.82, 2.24) is 24.9 Å². The lowest BCUT2D eigenvalue weighted by atomic mass is 9.69. The van der Waals surface area contributed by atoms with E-state index >= 15 is 0 Å². The fourth-order valence-electron chi connectivity index (χ4n) is 8.21. The maximum Gasteiger partial charge on any atom is 0.324 e. The summed E-state index contributed by atoms with van der Waals surface area (Å²) in [5.41, 5.74) is -1.97. The first-order chi connectivity index (χ1) is 17.1. The van der Waals surface area contributed by atoms with E-state index in [4.69, 9.17) is 4.74 Å². The zero-order valence-corrected chi connectivity index (χ0v) is 25.9. The fraction of sp³-hybridized carbons (Fsp3) is 0.897. The van der Waals surface area contributed by atoms with Crippen molar-refractivity contribution >= 4 is 17.8 Å². The average molecular weight is 534 g/mol. The summed E-state index contributed by atoms with van der Waals surface area (Å²) in [7, 11) is 7.71. The van der Waals surface area contributed by atoms with E-state index in [1.165, 1.54) is 11.3 Å². The van der Waals surface area contributed by atoms with Gasteiger partial charge in [-0.3, -0.25) is 24.3 Å². The molecule has 4 aliphatic heterocycles. The van der Waals surface area contributed by atoms with Crippen LogP contribution in [0.15, 0.2) is 0 Å². The molecule has 0 radical (unpaired) electrons. The lowest BCUT2D eigenvalue weighted by Gasteiger charge is -2.56. The number of piperidine rings is 2. The molecule has 0 bridgehead atoms. The third kappa shape index (κ3) is 4.19. The number of amides is 4. The highest BCUT2D eigenvalue weighted by molar-refractivity contribution is 6.07. The van der Waals surface area contributed by atoms with Gasteiger partial charge in [0.1, 0.15) is 11.3 Å². The minimum absolute atomic E-state index is 0.0342. The van der Waals surface area contributed by atoms with Gasteiger partial charge >= 0.3 is 6.03 Å². The molecule has 4 amide bonds. The predicted molar refractivity (Wildman–Crippen MR) is 148 cm³/mol. The summed E-state index contributed by atoms with van der Waals surface area (Å²) < 4.78 is 6.51. The SMILES string of the molecule is CN1C(=O)NC2(CC(C)(C)N(C)C(C)(C)C2)C1=O.CN1C(C)(C)CC2(CC1(C)C)OC1(CCC1)N(C)C2=O. The molecule has 5 aliphatic rings. The van der Waals surface area contributed by atoms with Crippen LogP contribution in [0.5, 0.6) is 0 Å². The molecule has 5 fully saturated rings. The Morgan fingerprint density at radius 2 is 1.08 bits per heavy atom. The van der Waals surface area contributed by atoms with Gasteiger partial charge < -0.3 is 15.0 Å². The second kappa shape index (κ2) is 8.40. The number of likely N-dealkylation sites (tertiary alicyclic amines) is 2. The number of likely N-dealkylation sites (N-methyl/N-ethyl adjacent to an activating group) is 2. The molecule has 1 N–H and O–H groups in total. The Kier molecular flexibility index (Phi) is 6.47. The standard InChI is InChI=1S/C16H28N2O2.C13H23N3O2/c1-13(2)10-15(11-14(3,4)18(13)6)12(19)17(5)16(20-15)8-7-9-16;1-11(2)7-13(8-12(3,4)16(11)6)9(17)15(5)10(18)14-13/h7-11H2,1-6H3;7-8H2,1-6H3,(H,14,18). The number of nitrogens with one attached hydrogen (secondary N) is 1. The highest BCUT2D eigenvalue weighted by atomic mass is 16.6. The Labute approximate surface area is 229 Å². The summed E-state index contributed by atoms with van der Waals surface area (Å²) in [5, 5.41) is 2.91. The number of ether oxygens (including phenoxy) is 1. The molecule has 0 aromatic carbocycles. The van der Waals surface area contributed by atoms with Gasteiger partial charge in [0.15, 0.2) is 5.60 Å². The maximum absolute atomic E-state index is 13.0. The number of rotatable bonds is 0. The van der Waals surface area contributed by atoms with Crippen LogP contribution >= 0.6 is 0 Å². The van der Waals surface area contributed by atoms with E-state index in [1.807, 2.05) is 11.9 Å². The van der Waals surface area contributed by atoms with Crippen LogP contribution in [-0.4, -0.2) is 105 Å². The molecule has 0 atom stereocenters. The largest absolute Gasteiger partial charge is 0.339 e. The van der Waals surface area contributed by atoms with Crippen molar-refractivity contribution in [3.8, 4) is 0 Å². The van der Waals surface area contributed by atoms with Crippen LogP contribution < -0.4 is 5.32 Å². The van der Waals surface area contributed by atoms with Crippen molar-refractivity contribution in [1.29, 1.82) is 0 Å².